The fourth-order valence-corrected chi connectivity index (χ4v) is 4.52. The fraction of sp³-hybridized carbons (Fsp3) is 0.458. The smallest absolute Gasteiger partial charge is 0.149 e. The van der Waals surface area contributed by atoms with Gasteiger partial charge in [-0.2, -0.15) is 0 Å². The third-order valence-corrected chi connectivity index (χ3v) is 6.27. The molecule has 168 valence electrons. The average molecular weight is 436 g/mol. The van der Waals surface area contributed by atoms with E-state index in [1.807, 2.05) is 12.1 Å². The van der Waals surface area contributed by atoms with Crippen molar-refractivity contribution in [2.24, 2.45) is 0 Å². The van der Waals surface area contributed by atoms with Crippen LogP contribution in [-0.2, 0) is 11.3 Å². The van der Waals surface area contributed by atoms with Gasteiger partial charge in [-0.3, -0.25) is 4.98 Å². The largest absolute Gasteiger partial charge is 0.488 e. The minimum Gasteiger partial charge on any atom is -0.488 e. The second-order valence-corrected chi connectivity index (χ2v) is 8.37. The summed E-state index contributed by atoms with van der Waals surface area (Å²) < 4.78 is 12.0. The van der Waals surface area contributed by atoms with E-state index < -0.39 is 0 Å². The Morgan fingerprint density at radius 2 is 1.84 bits per heavy atom. The van der Waals surface area contributed by atoms with E-state index in [0.29, 0.717) is 6.04 Å². The Hall–Kier alpha value is -2.97. The maximum atomic E-state index is 9.54. The highest BCUT2D eigenvalue weighted by Gasteiger charge is 2.25. The Morgan fingerprint density at radius 3 is 2.66 bits per heavy atom. The quantitative estimate of drug-likeness (QED) is 0.610. The number of pyridine rings is 1. The Bertz CT molecular complexity index is 1050. The number of ether oxygens (including phenoxy) is 2. The van der Waals surface area contributed by atoms with Gasteiger partial charge in [0.1, 0.15) is 17.1 Å². The Balaban J connectivity index is 1.28. The van der Waals surface area contributed by atoms with Crippen LogP contribution in [0.5, 0.6) is 5.75 Å². The average Bonchev–Trinajstić information content (AvgIpc) is 2.86. The molecule has 32 heavy (non-hydrogen) atoms. The molecule has 0 atom stereocenters. The number of anilines is 2. The van der Waals surface area contributed by atoms with Crippen LogP contribution < -0.4 is 15.0 Å². The molecule has 1 aliphatic carbocycles. The van der Waals surface area contributed by atoms with Crippen LogP contribution in [0.1, 0.15) is 31.2 Å². The van der Waals surface area contributed by atoms with Gasteiger partial charge in [0.25, 0.3) is 0 Å². The molecule has 1 aromatic carbocycles. The SMILES string of the molecule is OCc1cccnc1N[C@H]1CC[C@@H](Oc2cc(N3CCOCC3)cc3nccnc23)CC1. The third kappa shape index (κ3) is 4.61. The van der Waals surface area contributed by atoms with Crippen molar-refractivity contribution < 1.29 is 14.6 Å². The molecule has 2 fully saturated rings. The van der Waals surface area contributed by atoms with Gasteiger partial charge in [-0.25, -0.2) is 9.97 Å². The maximum absolute atomic E-state index is 9.54. The van der Waals surface area contributed by atoms with Crippen LogP contribution in [0.15, 0.2) is 42.9 Å². The van der Waals surface area contributed by atoms with Gasteiger partial charge in [0.2, 0.25) is 0 Å². The summed E-state index contributed by atoms with van der Waals surface area (Å²) in [4.78, 5) is 15.8. The van der Waals surface area contributed by atoms with Gasteiger partial charge in [0.15, 0.2) is 0 Å². The number of hydrogen-bond donors (Lipinski definition) is 2. The molecule has 2 N–H and O–H groups in total. The number of fused-ring (bicyclic) bond motifs is 1. The summed E-state index contributed by atoms with van der Waals surface area (Å²) in [6.45, 7) is 3.19. The Kier molecular flexibility index (Phi) is 6.31. The number of hydrogen-bond acceptors (Lipinski definition) is 8. The van der Waals surface area contributed by atoms with Crippen LogP contribution in [0, 0.1) is 0 Å². The van der Waals surface area contributed by atoms with E-state index in [9.17, 15) is 5.11 Å². The lowest BCUT2D eigenvalue weighted by molar-refractivity contribution is 0.122. The number of morpholine rings is 1. The number of aliphatic hydroxyl groups is 1. The normalized spacial score (nSPS) is 21.5. The minimum absolute atomic E-state index is 0.0117. The molecule has 0 unspecified atom stereocenters. The van der Waals surface area contributed by atoms with E-state index in [0.717, 1.165) is 85.8 Å². The zero-order valence-electron chi connectivity index (χ0n) is 18.1. The molecule has 5 rings (SSSR count). The van der Waals surface area contributed by atoms with E-state index in [-0.39, 0.29) is 12.7 Å². The van der Waals surface area contributed by atoms with Crippen LogP contribution in [0.25, 0.3) is 11.0 Å². The van der Waals surface area contributed by atoms with Crippen molar-refractivity contribution in [3.63, 3.8) is 0 Å². The molecule has 1 aliphatic heterocycles. The number of nitrogens with one attached hydrogen (secondary N) is 1. The molecule has 2 aromatic heterocycles. The monoisotopic (exact) mass is 435 g/mol. The summed E-state index contributed by atoms with van der Waals surface area (Å²) >= 11 is 0. The Labute approximate surface area is 187 Å². The summed E-state index contributed by atoms with van der Waals surface area (Å²) in [5.41, 5.74) is 3.61. The number of aromatic nitrogens is 3. The highest BCUT2D eigenvalue weighted by molar-refractivity contribution is 5.85. The van der Waals surface area contributed by atoms with Gasteiger partial charge in [0, 0.05) is 55.0 Å². The Morgan fingerprint density at radius 1 is 1.03 bits per heavy atom. The molecule has 1 saturated carbocycles. The summed E-state index contributed by atoms with van der Waals surface area (Å²) in [6, 6.07) is 8.27. The van der Waals surface area contributed by atoms with Crippen molar-refractivity contribution in [2.45, 2.75) is 44.4 Å². The van der Waals surface area contributed by atoms with Crippen molar-refractivity contribution >= 4 is 22.5 Å². The van der Waals surface area contributed by atoms with Gasteiger partial charge in [0.05, 0.1) is 31.4 Å². The minimum atomic E-state index is -0.0117. The van der Waals surface area contributed by atoms with E-state index in [4.69, 9.17) is 9.47 Å². The predicted molar refractivity (Wildman–Crippen MR) is 123 cm³/mol. The summed E-state index contributed by atoms with van der Waals surface area (Å²) in [5.74, 6) is 1.58. The third-order valence-electron chi connectivity index (χ3n) is 6.27. The van der Waals surface area contributed by atoms with Gasteiger partial charge in [-0.15, -0.1) is 0 Å². The second kappa shape index (κ2) is 9.67. The van der Waals surface area contributed by atoms with Gasteiger partial charge in [-0.1, -0.05) is 6.07 Å². The van der Waals surface area contributed by atoms with E-state index >= 15 is 0 Å². The van der Waals surface area contributed by atoms with Crippen LogP contribution in [0.4, 0.5) is 11.5 Å². The first-order valence-corrected chi connectivity index (χ1v) is 11.4. The molecular formula is C24H29N5O3. The first-order valence-electron chi connectivity index (χ1n) is 11.4. The molecule has 2 aliphatic rings. The molecule has 3 aromatic rings. The molecule has 0 bridgehead atoms. The first-order chi connectivity index (χ1) is 15.8. The van der Waals surface area contributed by atoms with Crippen molar-refractivity contribution in [2.75, 3.05) is 36.5 Å². The van der Waals surface area contributed by atoms with Gasteiger partial charge >= 0.3 is 0 Å². The van der Waals surface area contributed by atoms with Crippen LogP contribution in [0.2, 0.25) is 0 Å². The molecule has 0 spiro atoms. The first kappa shape index (κ1) is 20.9. The number of benzene rings is 1. The lowest BCUT2D eigenvalue weighted by Crippen LogP contribution is -2.36. The molecule has 0 radical (unpaired) electrons. The van der Waals surface area contributed by atoms with E-state index in [1.165, 1.54) is 0 Å². The van der Waals surface area contributed by atoms with Crippen LogP contribution in [0.3, 0.4) is 0 Å². The standard InChI is InChI=1S/C24H29N5O3/c30-16-17-2-1-7-27-24(17)28-18-3-5-20(6-4-18)32-22-15-19(29-10-12-31-13-11-29)14-21-23(22)26-9-8-25-21/h1-2,7-9,14-15,18,20,30H,3-6,10-13,16H2,(H,27,28)/t18-,20+. The summed E-state index contributed by atoms with van der Waals surface area (Å²) in [7, 11) is 0. The zero-order chi connectivity index (χ0) is 21.8. The molecule has 0 amide bonds. The lowest BCUT2D eigenvalue weighted by atomic mass is 9.92. The lowest BCUT2D eigenvalue weighted by Gasteiger charge is -2.31. The van der Waals surface area contributed by atoms with E-state index in [1.54, 1.807) is 18.6 Å². The topological polar surface area (TPSA) is 92.6 Å². The summed E-state index contributed by atoms with van der Waals surface area (Å²) in [5, 5.41) is 13.0. The van der Waals surface area contributed by atoms with Crippen molar-refractivity contribution in [1.29, 1.82) is 0 Å². The number of nitrogens with zero attached hydrogens (tertiary/aromatic N) is 4. The maximum Gasteiger partial charge on any atom is 0.149 e. The van der Waals surface area contributed by atoms with E-state index in [2.05, 4.69) is 37.3 Å². The zero-order valence-corrected chi connectivity index (χ0v) is 18.1. The highest BCUT2D eigenvalue weighted by Crippen LogP contribution is 2.33. The van der Waals surface area contributed by atoms with Crippen molar-refractivity contribution in [1.82, 2.24) is 15.0 Å². The van der Waals surface area contributed by atoms with Gasteiger partial charge < -0.3 is 24.8 Å². The van der Waals surface area contributed by atoms with Crippen LogP contribution in [-0.4, -0.2) is 58.5 Å². The molecule has 1 saturated heterocycles. The van der Waals surface area contributed by atoms with Crippen molar-refractivity contribution in [3.8, 4) is 5.75 Å². The van der Waals surface area contributed by atoms with Gasteiger partial charge in [-0.05, 0) is 37.8 Å². The summed E-state index contributed by atoms with van der Waals surface area (Å²) in [6.07, 6.45) is 9.20. The second-order valence-electron chi connectivity index (χ2n) is 8.37. The number of aliphatic hydroxyl groups excluding tert-OH is 1. The molecular weight excluding hydrogens is 406 g/mol. The molecule has 3 heterocycles. The highest BCUT2D eigenvalue weighted by atomic mass is 16.5. The van der Waals surface area contributed by atoms with Crippen molar-refractivity contribution in [3.05, 3.63) is 48.4 Å². The number of rotatable bonds is 6. The molecule has 8 nitrogen and oxygen atoms in total. The molecule has 8 heteroatoms. The van der Waals surface area contributed by atoms with Crippen LogP contribution >= 0.6 is 0 Å². The predicted octanol–water partition coefficient (Wildman–Crippen LogP) is 3.16. The fourth-order valence-electron chi connectivity index (χ4n) is 4.52.